The Morgan fingerprint density at radius 3 is 3.06 bits per heavy atom. The van der Waals surface area contributed by atoms with Crippen molar-refractivity contribution in [3.05, 3.63) is 29.6 Å². The minimum Gasteiger partial charge on any atom is -0.384 e. The van der Waals surface area contributed by atoms with Crippen LogP contribution >= 0.6 is 11.6 Å². The van der Waals surface area contributed by atoms with Gasteiger partial charge in [0.1, 0.15) is 5.82 Å². The second kappa shape index (κ2) is 6.39. The van der Waals surface area contributed by atoms with E-state index in [9.17, 15) is 4.39 Å². The molecule has 1 unspecified atom stereocenters. The van der Waals surface area contributed by atoms with Crippen molar-refractivity contribution in [2.75, 3.05) is 31.7 Å². The molecule has 0 spiro atoms. The molecule has 1 saturated heterocycles. The number of anilines is 1. The molecule has 1 atom stereocenters. The molecule has 0 aliphatic carbocycles. The van der Waals surface area contributed by atoms with E-state index >= 15 is 0 Å². The first kappa shape index (κ1) is 13.6. The molecule has 4 heteroatoms. The first-order chi connectivity index (χ1) is 8.74. The van der Waals surface area contributed by atoms with Crippen LogP contribution in [0.1, 0.15) is 18.4 Å². The monoisotopic (exact) mass is 271 g/mol. The second-order valence-corrected chi connectivity index (χ2v) is 5.08. The lowest BCUT2D eigenvalue weighted by Crippen LogP contribution is -2.37. The molecular weight excluding hydrogens is 253 g/mol. The van der Waals surface area contributed by atoms with Gasteiger partial charge in [0.05, 0.1) is 6.61 Å². The van der Waals surface area contributed by atoms with E-state index in [0.29, 0.717) is 11.8 Å². The smallest absolute Gasteiger partial charge is 0.123 e. The average molecular weight is 272 g/mol. The molecule has 1 fully saturated rings. The van der Waals surface area contributed by atoms with Crippen LogP contribution < -0.4 is 4.90 Å². The quantitative estimate of drug-likeness (QED) is 0.778. The van der Waals surface area contributed by atoms with Crippen LogP contribution in [-0.4, -0.2) is 26.8 Å². The Morgan fingerprint density at radius 2 is 2.33 bits per heavy atom. The third kappa shape index (κ3) is 3.15. The van der Waals surface area contributed by atoms with Gasteiger partial charge in [0, 0.05) is 31.8 Å². The Hall–Kier alpha value is -0.800. The summed E-state index contributed by atoms with van der Waals surface area (Å²) in [6, 6.07) is 4.87. The van der Waals surface area contributed by atoms with Crippen molar-refractivity contribution < 1.29 is 9.13 Å². The fourth-order valence-corrected chi connectivity index (χ4v) is 2.84. The third-order valence-corrected chi connectivity index (χ3v) is 3.74. The number of halogens is 2. The van der Waals surface area contributed by atoms with Gasteiger partial charge in [-0.15, -0.1) is 11.6 Å². The van der Waals surface area contributed by atoms with Crippen LogP contribution in [0.15, 0.2) is 18.2 Å². The fraction of sp³-hybridized carbons (Fsp3) is 0.571. The van der Waals surface area contributed by atoms with Crippen LogP contribution in [0.5, 0.6) is 0 Å². The molecular formula is C14H19ClFNO. The van der Waals surface area contributed by atoms with Gasteiger partial charge in [-0.05, 0) is 42.5 Å². The highest BCUT2D eigenvalue weighted by molar-refractivity contribution is 6.17. The molecule has 1 aromatic rings. The standard InChI is InChI=1S/C14H19ClFNO/c1-18-10-11-3-2-6-17(9-11)14-5-4-13(16)7-12(14)8-15/h4-5,7,11H,2-3,6,8-10H2,1H3. The van der Waals surface area contributed by atoms with Gasteiger partial charge in [-0.2, -0.15) is 0 Å². The summed E-state index contributed by atoms with van der Waals surface area (Å²) in [7, 11) is 1.74. The van der Waals surface area contributed by atoms with Crippen molar-refractivity contribution in [1.29, 1.82) is 0 Å². The third-order valence-electron chi connectivity index (χ3n) is 3.45. The molecule has 0 radical (unpaired) electrons. The SMILES string of the molecule is COCC1CCCN(c2ccc(F)cc2CCl)C1. The number of benzene rings is 1. The lowest BCUT2D eigenvalue weighted by molar-refractivity contribution is 0.143. The molecule has 100 valence electrons. The molecule has 2 nitrogen and oxygen atoms in total. The molecule has 2 rings (SSSR count). The Bertz CT molecular complexity index is 397. The van der Waals surface area contributed by atoms with Crippen molar-refractivity contribution in [3.8, 4) is 0 Å². The largest absolute Gasteiger partial charge is 0.384 e. The lowest BCUT2D eigenvalue weighted by Gasteiger charge is -2.35. The zero-order valence-electron chi connectivity index (χ0n) is 10.7. The maximum absolute atomic E-state index is 13.2. The molecule has 0 aromatic heterocycles. The van der Waals surface area contributed by atoms with Crippen LogP contribution in [0.4, 0.5) is 10.1 Å². The van der Waals surface area contributed by atoms with Crippen molar-refractivity contribution >= 4 is 17.3 Å². The topological polar surface area (TPSA) is 12.5 Å². The summed E-state index contributed by atoms with van der Waals surface area (Å²) in [5.74, 6) is 0.676. The molecule has 1 aliphatic heterocycles. The Balaban J connectivity index is 2.15. The van der Waals surface area contributed by atoms with Gasteiger partial charge in [0.25, 0.3) is 0 Å². The maximum atomic E-state index is 13.2. The predicted octanol–water partition coefficient (Wildman–Crippen LogP) is 3.43. The highest BCUT2D eigenvalue weighted by atomic mass is 35.5. The summed E-state index contributed by atoms with van der Waals surface area (Å²) < 4.78 is 18.4. The van der Waals surface area contributed by atoms with E-state index in [4.69, 9.17) is 16.3 Å². The zero-order chi connectivity index (χ0) is 13.0. The van der Waals surface area contributed by atoms with Crippen molar-refractivity contribution in [1.82, 2.24) is 0 Å². The molecule has 1 aromatic carbocycles. The Labute approximate surface area is 113 Å². The average Bonchev–Trinajstić information content (AvgIpc) is 2.39. The number of ether oxygens (including phenoxy) is 1. The highest BCUT2D eigenvalue weighted by Gasteiger charge is 2.21. The molecule has 0 amide bonds. The van der Waals surface area contributed by atoms with Gasteiger partial charge >= 0.3 is 0 Å². The molecule has 0 N–H and O–H groups in total. The molecule has 18 heavy (non-hydrogen) atoms. The van der Waals surface area contributed by atoms with E-state index in [-0.39, 0.29) is 5.82 Å². The summed E-state index contributed by atoms with van der Waals surface area (Å²) in [6.07, 6.45) is 2.34. The summed E-state index contributed by atoms with van der Waals surface area (Å²) in [5.41, 5.74) is 1.93. The normalized spacial score (nSPS) is 20.2. The number of hydrogen-bond donors (Lipinski definition) is 0. The van der Waals surface area contributed by atoms with Gasteiger partial charge in [-0.1, -0.05) is 0 Å². The van der Waals surface area contributed by atoms with Gasteiger partial charge in [-0.3, -0.25) is 0 Å². The van der Waals surface area contributed by atoms with Gasteiger partial charge in [-0.25, -0.2) is 4.39 Å². The molecule has 0 bridgehead atoms. The minimum atomic E-state index is -0.222. The summed E-state index contributed by atoms with van der Waals surface area (Å²) in [6.45, 7) is 2.76. The number of hydrogen-bond acceptors (Lipinski definition) is 2. The maximum Gasteiger partial charge on any atom is 0.123 e. The number of piperidine rings is 1. The van der Waals surface area contributed by atoms with Crippen LogP contribution in [0.3, 0.4) is 0 Å². The first-order valence-electron chi connectivity index (χ1n) is 6.33. The molecule has 1 heterocycles. The van der Waals surface area contributed by atoms with Crippen LogP contribution in [0, 0.1) is 11.7 Å². The Kier molecular flexibility index (Phi) is 4.84. The fourth-order valence-electron chi connectivity index (χ4n) is 2.63. The Morgan fingerprint density at radius 1 is 1.50 bits per heavy atom. The van der Waals surface area contributed by atoms with E-state index in [2.05, 4.69) is 4.90 Å². The number of rotatable bonds is 4. The second-order valence-electron chi connectivity index (χ2n) is 4.82. The number of nitrogens with zero attached hydrogens (tertiary/aromatic N) is 1. The van der Waals surface area contributed by atoms with E-state index in [1.807, 2.05) is 6.07 Å². The molecule has 0 saturated carbocycles. The van der Waals surface area contributed by atoms with Crippen molar-refractivity contribution in [2.45, 2.75) is 18.7 Å². The van der Waals surface area contributed by atoms with Crippen LogP contribution in [0.25, 0.3) is 0 Å². The highest BCUT2D eigenvalue weighted by Crippen LogP contribution is 2.28. The van der Waals surface area contributed by atoms with Gasteiger partial charge < -0.3 is 9.64 Å². The van der Waals surface area contributed by atoms with E-state index in [1.165, 1.54) is 18.6 Å². The summed E-state index contributed by atoms with van der Waals surface area (Å²) >= 11 is 5.90. The van der Waals surface area contributed by atoms with Gasteiger partial charge in [0.2, 0.25) is 0 Å². The van der Waals surface area contributed by atoms with Gasteiger partial charge in [0.15, 0.2) is 0 Å². The summed E-state index contributed by atoms with van der Waals surface area (Å²) in [4.78, 5) is 2.30. The molecule has 1 aliphatic rings. The van der Waals surface area contributed by atoms with Crippen LogP contribution in [0.2, 0.25) is 0 Å². The van der Waals surface area contributed by atoms with E-state index in [1.54, 1.807) is 7.11 Å². The van der Waals surface area contributed by atoms with Crippen molar-refractivity contribution in [3.63, 3.8) is 0 Å². The number of alkyl halides is 1. The first-order valence-corrected chi connectivity index (χ1v) is 6.86. The van der Waals surface area contributed by atoms with E-state index < -0.39 is 0 Å². The number of methoxy groups -OCH3 is 1. The predicted molar refractivity (Wildman–Crippen MR) is 72.8 cm³/mol. The van der Waals surface area contributed by atoms with E-state index in [0.717, 1.165) is 37.4 Å². The minimum absolute atomic E-state index is 0.222. The van der Waals surface area contributed by atoms with Crippen LogP contribution in [-0.2, 0) is 10.6 Å². The zero-order valence-corrected chi connectivity index (χ0v) is 11.4. The summed E-state index contributed by atoms with van der Waals surface area (Å²) in [5, 5.41) is 0. The van der Waals surface area contributed by atoms with Crippen molar-refractivity contribution in [2.24, 2.45) is 5.92 Å². The lowest BCUT2D eigenvalue weighted by atomic mass is 9.98.